The number of amides is 1. The average Bonchev–Trinajstić information content (AvgIpc) is 3.22. The van der Waals surface area contributed by atoms with Crippen molar-refractivity contribution in [1.29, 1.82) is 0 Å². The molecule has 102 valence electrons. The first-order valence-corrected chi connectivity index (χ1v) is 6.99. The van der Waals surface area contributed by atoms with Gasteiger partial charge in [0.25, 0.3) is 0 Å². The van der Waals surface area contributed by atoms with Gasteiger partial charge in [-0.1, -0.05) is 12.1 Å². The molecule has 1 aromatic carbocycles. The van der Waals surface area contributed by atoms with Gasteiger partial charge >= 0.3 is 0 Å². The van der Waals surface area contributed by atoms with E-state index in [1.807, 2.05) is 24.1 Å². The van der Waals surface area contributed by atoms with E-state index in [1.165, 1.54) is 24.0 Å². The SMILES string of the molecule is CN(C(=O)CN1CCc2c(N)cccc2C1)C1CC1. The predicted molar refractivity (Wildman–Crippen MR) is 75.6 cm³/mol. The van der Waals surface area contributed by atoms with Crippen LogP contribution in [-0.2, 0) is 17.8 Å². The summed E-state index contributed by atoms with van der Waals surface area (Å²) >= 11 is 0. The number of nitrogens with zero attached hydrogens (tertiary/aromatic N) is 2. The Morgan fingerprint density at radius 2 is 2.26 bits per heavy atom. The highest BCUT2D eigenvalue weighted by molar-refractivity contribution is 5.78. The van der Waals surface area contributed by atoms with Crippen molar-refractivity contribution < 1.29 is 4.79 Å². The quantitative estimate of drug-likeness (QED) is 0.831. The van der Waals surface area contributed by atoms with Crippen LogP contribution in [0.3, 0.4) is 0 Å². The zero-order valence-electron chi connectivity index (χ0n) is 11.4. The molecular weight excluding hydrogens is 238 g/mol. The van der Waals surface area contributed by atoms with Crippen molar-refractivity contribution in [3.63, 3.8) is 0 Å². The van der Waals surface area contributed by atoms with Gasteiger partial charge in [-0.3, -0.25) is 9.69 Å². The van der Waals surface area contributed by atoms with Gasteiger partial charge in [-0.05, 0) is 36.5 Å². The zero-order valence-corrected chi connectivity index (χ0v) is 11.4. The second-order valence-electron chi connectivity index (χ2n) is 5.68. The number of nitrogens with two attached hydrogens (primary N) is 1. The van der Waals surface area contributed by atoms with Crippen LogP contribution in [0.5, 0.6) is 0 Å². The first kappa shape index (κ1) is 12.5. The number of hydrogen-bond donors (Lipinski definition) is 1. The molecule has 2 N–H and O–H groups in total. The first-order chi connectivity index (χ1) is 9.15. The Morgan fingerprint density at radius 3 is 3.00 bits per heavy atom. The molecule has 1 heterocycles. The van der Waals surface area contributed by atoms with Crippen molar-refractivity contribution in [3.05, 3.63) is 29.3 Å². The van der Waals surface area contributed by atoms with Crippen molar-refractivity contribution in [2.45, 2.75) is 31.8 Å². The zero-order chi connectivity index (χ0) is 13.4. The fourth-order valence-electron chi connectivity index (χ4n) is 2.80. The summed E-state index contributed by atoms with van der Waals surface area (Å²) < 4.78 is 0. The third kappa shape index (κ3) is 2.59. The van der Waals surface area contributed by atoms with Gasteiger partial charge in [-0.2, -0.15) is 0 Å². The molecule has 3 rings (SSSR count). The van der Waals surface area contributed by atoms with Crippen LogP contribution in [-0.4, -0.2) is 41.9 Å². The lowest BCUT2D eigenvalue weighted by Crippen LogP contribution is -2.41. The van der Waals surface area contributed by atoms with Crippen molar-refractivity contribution in [2.75, 3.05) is 25.9 Å². The van der Waals surface area contributed by atoms with Crippen molar-refractivity contribution in [1.82, 2.24) is 9.80 Å². The van der Waals surface area contributed by atoms with Gasteiger partial charge in [0, 0.05) is 31.9 Å². The summed E-state index contributed by atoms with van der Waals surface area (Å²) in [5.74, 6) is 0.245. The molecule has 19 heavy (non-hydrogen) atoms. The molecule has 1 aliphatic carbocycles. The van der Waals surface area contributed by atoms with E-state index < -0.39 is 0 Å². The van der Waals surface area contributed by atoms with Crippen LogP contribution < -0.4 is 5.73 Å². The van der Waals surface area contributed by atoms with E-state index in [2.05, 4.69) is 11.0 Å². The molecule has 1 fully saturated rings. The monoisotopic (exact) mass is 259 g/mol. The number of benzene rings is 1. The van der Waals surface area contributed by atoms with Gasteiger partial charge in [-0.25, -0.2) is 0 Å². The first-order valence-electron chi connectivity index (χ1n) is 6.99. The lowest BCUT2D eigenvalue weighted by Gasteiger charge is -2.30. The van der Waals surface area contributed by atoms with Gasteiger partial charge in [0.15, 0.2) is 0 Å². The second kappa shape index (κ2) is 4.85. The molecule has 1 aromatic rings. The van der Waals surface area contributed by atoms with Crippen LogP contribution in [0.25, 0.3) is 0 Å². The Balaban J connectivity index is 1.64. The summed E-state index contributed by atoms with van der Waals surface area (Å²) in [5.41, 5.74) is 9.42. The molecule has 2 aliphatic rings. The number of hydrogen-bond acceptors (Lipinski definition) is 3. The van der Waals surface area contributed by atoms with Crippen molar-refractivity contribution >= 4 is 11.6 Å². The van der Waals surface area contributed by atoms with E-state index in [-0.39, 0.29) is 5.91 Å². The molecule has 0 spiro atoms. The smallest absolute Gasteiger partial charge is 0.236 e. The summed E-state index contributed by atoms with van der Waals surface area (Å²) in [4.78, 5) is 16.3. The van der Waals surface area contributed by atoms with Crippen LogP contribution in [0.15, 0.2) is 18.2 Å². The number of nitrogen functional groups attached to an aromatic ring is 1. The van der Waals surface area contributed by atoms with Crippen LogP contribution in [0.2, 0.25) is 0 Å². The fourth-order valence-corrected chi connectivity index (χ4v) is 2.80. The average molecular weight is 259 g/mol. The standard InChI is InChI=1S/C15H21N3O/c1-17(12-5-6-12)15(19)10-18-8-7-13-11(9-18)3-2-4-14(13)16/h2-4,12H,5-10,16H2,1H3. The van der Waals surface area contributed by atoms with Crippen molar-refractivity contribution in [2.24, 2.45) is 0 Å². The lowest BCUT2D eigenvalue weighted by atomic mass is 9.98. The molecule has 0 atom stereocenters. The number of likely N-dealkylation sites (N-methyl/N-ethyl adjacent to an activating group) is 1. The minimum Gasteiger partial charge on any atom is -0.398 e. The van der Waals surface area contributed by atoms with Crippen LogP contribution in [0, 0.1) is 0 Å². The van der Waals surface area contributed by atoms with E-state index >= 15 is 0 Å². The van der Waals surface area contributed by atoms with E-state index in [0.717, 1.165) is 25.2 Å². The Hall–Kier alpha value is -1.55. The van der Waals surface area contributed by atoms with Gasteiger partial charge in [0.2, 0.25) is 5.91 Å². The van der Waals surface area contributed by atoms with E-state index in [1.54, 1.807) is 0 Å². The number of rotatable bonds is 3. The normalized spacial score (nSPS) is 19.0. The number of fused-ring (bicyclic) bond motifs is 1. The Morgan fingerprint density at radius 1 is 1.47 bits per heavy atom. The number of carbonyl (C=O) groups excluding carboxylic acids is 1. The van der Waals surface area contributed by atoms with Gasteiger partial charge < -0.3 is 10.6 Å². The van der Waals surface area contributed by atoms with E-state index in [9.17, 15) is 4.79 Å². The fraction of sp³-hybridized carbons (Fsp3) is 0.533. The van der Waals surface area contributed by atoms with Gasteiger partial charge in [-0.15, -0.1) is 0 Å². The molecular formula is C15H21N3O. The predicted octanol–water partition coefficient (Wildman–Crippen LogP) is 1.25. The summed E-state index contributed by atoms with van der Waals surface area (Å²) in [6, 6.07) is 6.57. The third-order valence-electron chi connectivity index (χ3n) is 4.23. The minimum absolute atomic E-state index is 0.245. The Kier molecular flexibility index (Phi) is 3.19. The highest BCUT2D eigenvalue weighted by Crippen LogP contribution is 2.27. The topological polar surface area (TPSA) is 49.6 Å². The number of carbonyl (C=O) groups is 1. The summed E-state index contributed by atoms with van der Waals surface area (Å²) in [6.45, 7) is 2.29. The minimum atomic E-state index is 0.245. The van der Waals surface area contributed by atoms with Crippen LogP contribution in [0.4, 0.5) is 5.69 Å². The molecule has 1 aliphatic heterocycles. The Labute approximate surface area is 114 Å². The molecule has 1 saturated carbocycles. The molecule has 4 heteroatoms. The van der Waals surface area contributed by atoms with Gasteiger partial charge in [0.05, 0.1) is 6.54 Å². The summed E-state index contributed by atoms with van der Waals surface area (Å²) in [5, 5.41) is 0. The highest BCUT2D eigenvalue weighted by atomic mass is 16.2. The molecule has 0 radical (unpaired) electrons. The molecule has 0 aromatic heterocycles. The van der Waals surface area contributed by atoms with Crippen LogP contribution >= 0.6 is 0 Å². The highest BCUT2D eigenvalue weighted by Gasteiger charge is 2.30. The summed E-state index contributed by atoms with van der Waals surface area (Å²) in [7, 11) is 1.93. The van der Waals surface area contributed by atoms with Gasteiger partial charge in [0.1, 0.15) is 0 Å². The summed E-state index contributed by atoms with van der Waals surface area (Å²) in [6.07, 6.45) is 3.28. The van der Waals surface area contributed by atoms with E-state index in [0.29, 0.717) is 12.6 Å². The van der Waals surface area contributed by atoms with Crippen LogP contribution in [0.1, 0.15) is 24.0 Å². The maximum atomic E-state index is 12.1. The second-order valence-corrected chi connectivity index (χ2v) is 5.68. The lowest BCUT2D eigenvalue weighted by molar-refractivity contribution is -0.131. The molecule has 0 unspecified atom stereocenters. The Bertz CT molecular complexity index is 496. The molecule has 4 nitrogen and oxygen atoms in total. The molecule has 0 saturated heterocycles. The maximum Gasteiger partial charge on any atom is 0.236 e. The molecule has 1 amide bonds. The number of anilines is 1. The van der Waals surface area contributed by atoms with E-state index in [4.69, 9.17) is 5.73 Å². The molecule has 0 bridgehead atoms. The van der Waals surface area contributed by atoms with Crippen molar-refractivity contribution in [3.8, 4) is 0 Å². The maximum absolute atomic E-state index is 12.1. The third-order valence-corrected chi connectivity index (χ3v) is 4.23. The largest absolute Gasteiger partial charge is 0.398 e.